The van der Waals surface area contributed by atoms with Gasteiger partial charge in [-0.05, 0) is 38.0 Å². The standard InChI is InChI=1S/C25H35N5O5S/c1-25(2)16-35-11-9-30(25)13-17-4-5-20(19(12-17)22(32)26-7-10-34-3)27-23(33)21-15-36-24(28-21)29-8-6-18(31)14-29/h4-5,12,15,18,31H,6-11,13-14,16H2,1-3H3,(H,26,32)(H,27,33)/t18-/m0/s1. The largest absolute Gasteiger partial charge is 0.391 e. The Bertz CT molecular complexity index is 1070. The Hall–Kier alpha value is -2.57. The summed E-state index contributed by atoms with van der Waals surface area (Å²) in [6.07, 6.45) is 0.323. The Balaban J connectivity index is 1.52. The van der Waals surface area contributed by atoms with Gasteiger partial charge in [-0.3, -0.25) is 14.5 Å². The summed E-state index contributed by atoms with van der Waals surface area (Å²) in [6.45, 7) is 9.06. The van der Waals surface area contributed by atoms with Crippen LogP contribution in [0.15, 0.2) is 23.6 Å². The highest BCUT2D eigenvalue weighted by Gasteiger charge is 2.30. The van der Waals surface area contributed by atoms with Crippen molar-refractivity contribution in [3.05, 3.63) is 40.4 Å². The van der Waals surface area contributed by atoms with E-state index in [1.165, 1.54) is 11.3 Å². The number of nitrogens with zero attached hydrogens (tertiary/aromatic N) is 3. The number of hydrogen-bond donors (Lipinski definition) is 3. The second kappa shape index (κ2) is 11.7. The third kappa shape index (κ3) is 6.40. The lowest BCUT2D eigenvalue weighted by Gasteiger charge is -2.42. The minimum absolute atomic E-state index is 0.111. The van der Waals surface area contributed by atoms with E-state index in [0.717, 1.165) is 12.1 Å². The third-order valence-corrected chi connectivity index (χ3v) is 7.42. The lowest BCUT2D eigenvalue weighted by molar-refractivity contribution is -0.0552. The first-order chi connectivity index (χ1) is 17.3. The van der Waals surface area contributed by atoms with Crippen molar-refractivity contribution in [2.75, 3.05) is 63.3 Å². The number of amides is 2. The van der Waals surface area contributed by atoms with Gasteiger partial charge in [-0.1, -0.05) is 6.07 Å². The number of ether oxygens (including phenoxy) is 2. The second-order valence-corrected chi connectivity index (χ2v) is 10.6. The number of hydrogen-bond acceptors (Lipinski definition) is 9. The fourth-order valence-electron chi connectivity index (χ4n) is 4.37. The fraction of sp³-hybridized carbons (Fsp3) is 0.560. The Kier molecular flexibility index (Phi) is 8.58. The number of carbonyl (C=O) groups excluding carboxylic acids is 2. The number of rotatable bonds is 9. The van der Waals surface area contributed by atoms with Gasteiger partial charge in [-0.25, -0.2) is 4.98 Å². The zero-order valence-corrected chi connectivity index (χ0v) is 21.9. The topological polar surface area (TPSA) is 116 Å². The zero-order valence-electron chi connectivity index (χ0n) is 21.1. The van der Waals surface area contributed by atoms with Crippen molar-refractivity contribution >= 4 is 34.0 Å². The molecule has 2 aliphatic rings. The van der Waals surface area contributed by atoms with Gasteiger partial charge >= 0.3 is 0 Å². The Labute approximate surface area is 215 Å². The van der Waals surface area contributed by atoms with Gasteiger partial charge in [-0.15, -0.1) is 11.3 Å². The number of aliphatic hydroxyl groups is 1. The van der Waals surface area contributed by atoms with Crippen LogP contribution in [-0.4, -0.2) is 91.6 Å². The maximum atomic E-state index is 13.0. The number of β-amino-alcohol motifs (C(OH)–C–C–N with tert-alkyl or cyclic N) is 1. The van der Waals surface area contributed by atoms with E-state index in [2.05, 4.69) is 34.4 Å². The molecular weight excluding hydrogens is 482 g/mol. The van der Waals surface area contributed by atoms with E-state index < -0.39 is 0 Å². The molecule has 0 unspecified atom stereocenters. The maximum Gasteiger partial charge on any atom is 0.275 e. The lowest BCUT2D eigenvalue weighted by Crippen LogP contribution is -2.52. The molecule has 0 saturated carbocycles. The molecule has 2 fully saturated rings. The molecule has 1 aromatic carbocycles. The van der Waals surface area contributed by atoms with Crippen molar-refractivity contribution in [2.45, 2.75) is 38.5 Å². The highest BCUT2D eigenvalue weighted by Crippen LogP contribution is 2.27. The van der Waals surface area contributed by atoms with Crippen molar-refractivity contribution in [1.29, 1.82) is 0 Å². The molecule has 3 N–H and O–H groups in total. The average Bonchev–Trinajstić information content (AvgIpc) is 3.50. The molecule has 2 aromatic rings. The summed E-state index contributed by atoms with van der Waals surface area (Å²) in [4.78, 5) is 34.8. The summed E-state index contributed by atoms with van der Waals surface area (Å²) >= 11 is 1.37. The lowest BCUT2D eigenvalue weighted by atomic mass is 10.00. The van der Waals surface area contributed by atoms with Gasteiger partial charge in [0.25, 0.3) is 11.8 Å². The normalized spacial score (nSPS) is 19.9. The predicted molar refractivity (Wildman–Crippen MR) is 139 cm³/mol. The van der Waals surface area contributed by atoms with Crippen molar-refractivity contribution in [3.63, 3.8) is 0 Å². The van der Waals surface area contributed by atoms with Crippen LogP contribution in [0.4, 0.5) is 10.8 Å². The average molecular weight is 518 g/mol. The van der Waals surface area contributed by atoms with Gasteiger partial charge < -0.3 is 30.1 Å². The van der Waals surface area contributed by atoms with Gasteiger partial charge in [0.05, 0.1) is 37.2 Å². The highest BCUT2D eigenvalue weighted by molar-refractivity contribution is 7.14. The van der Waals surface area contributed by atoms with E-state index in [4.69, 9.17) is 9.47 Å². The zero-order chi connectivity index (χ0) is 25.7. The van der Waals surface area contributed by atoms with Crippen LogP contribution >= 0.6 is 11.3 Å². The molecule has 2 aliphatic heterocycles. The van der Waals surface area contributed by atoms with Crippen LogP contribution in [0.2, 0.25) is 0 Å². The van der Waals surface area contributed by atoms with Crippen LogP contribution in [0, 0.1) is 0 Å². The quantitative estimate of drug-likeness (QED) is 0.433. The van der Waals surface area contributed by atoms with Crippen LogP contribution in [0.5, 0.6) is 0 Å². The summed E-state index contributed by atoms with van der Waals surface area (Å²) in [5.41, 5.74) is 1.96. The van der Waals surface area contributed by atoms with Crippen molar-refractivity contribution < 1.29 is 24.2 Å². The van der Waals surface area contributed by atoms with E-state index in [-0.39, 0.29) is 29.2 Å². The molecule has 0 spiro atoms. The SMILES string of the molecule is COCCNC(=O)c1cc(CN2CCOCC2(C)C)ccc1NC(=O)c1csc(N2CC[C@H](O)C2)n1. The summed E-state index contributed by atoms with van der Waals surface area (Å²) in [6, 6.07) is 5.54. The Morgan fingerprint density at radius 2 is 2.14 bits per heavy atom. The minimum Gasteiger partial charge on any atom is -0.391 e. The number of morpholine rings is 1. The van der Waals surface area contributed by atoms with E-state index in [0.29, 0.717) is 68.8 Å². The molecule has 0 bridgehead atoms. The summed E-state index contributed by atoms with van der Waals surface area (Å²) < 4.78 is 10.7. The predicted octanol–water partition coefficient (Wildman–Crippen LogP) is 1.95. The molecule has 2 amide bonds. The van der Waals surface area contributed by atoms with Crippen LogP contribution < -0.4 is 15.5 Å². The molecule has 0 radical (unpaired) electrons. The molecular formula is C25H35N5O5S. The molecule has 1 atom stereocenters. The van der Waals surface area contributed by atoms with Crippen LogP contribution in [0.1, 0.15) is 46.7 Å². The first-order valence-corrected chi connectivity index (χ1v) is 13.1. The second-order valence-electron chi connectivity index (χ2n) is 9.77. The van der Waals surface area contributed by atoms with Crippen molar-refractivity contribution in [3.8, 4) is 0 Å². The third-order valence-electron chi connectivity index (χ3n) is 6.52. The number of nitrogens with one attached hydrogen (secondary N) is 2. The molecule has 3 heterocycles. The van der Waals surface area contributed by atoms with Crippen LogP contribution in [0.3, 0.4) is 0 Å². The van der Waals surface area contributed by atoms with Gasteiger partial charge in [0.2, 0.25) is 0 Å². The minimum atomic E-state index is -0.384. The number of thiazole rings is 1. The van der Waals surface area contributed by atoms with Gasteiger partial charge in [0.15, 0.2) is 5.13 Å². The van der Waals surface area contributed by atoms with Crippen LogP contribution in [-0.2, 0) is 16.0 Å². The monoisotopic (exact) mass is 517 g/mol. The molecule has 11 heteroatoms. The number of aromatic nitrogens is 1. The first-order valence-electron chi connectivity index (χ1n) is 12.2. The number of aliphatic hydroxyl groups excluding tert-OH is 1. The van der Waals surface area contributed by atoms with E-state index >= 15 is 0 Å². The first kappa shape index (κ1) is 26.5. The fourth-order valence-corrected chi connectivity index (χ4v) is 5.21. The summed E-state index contributed by atoms with van der Waals surface area (Å²) in [5.74, 6) is -0.666. The Morgan fingerprint density at radius 1 is 1.31 bits per heavy atom. The molecule has 196 valence electrons. The number of benzene rings is 1. The highest BCUT2D eigenvalue weighted by atomic mass is 32.1. The molecule has 10 nitrogen and oxygen atoms in total. The molecule has 2 saturated heterocycles. The van der Waals surface area contributed by atoms with Gasteiger partial charge in [0, 0.05) is 50.8 Å². The van der Waals surface area contributed by atoms with Crippen molar-refractivity contribution in [1.82, 2.24) is 15.2 Å². The van der Waals surface area contributed by atoms with Crippen molar-refractivity contribution in [2.24, 2.45) is 0 Å². The summed E-state index contributed by atoms with van der Waals surface area (Å²) in [5, 5.41) is 17.9. The van der Waals surface area contributed by atoms with Gasteiger partial charge in [0.1, 0.15) is 5.69 Å². The van der Waals surface area contributed by atoms with Crippen LogP contribution in [0.25, 0.3) is 0 Å². The maximum absolute atomic E-state index is 13.0. The molecule has 0 aliphatic carbocycles. The van der Waals surface area contributed by atoms with Gasteiger partial charge in [-0.2, -0.15) is 0 Å². The number of methoxy groups -OCH3 is 1. The summed E-state index contributed by atoms with van der Waals surface area (Å²) in [7, 11) is 1.58. The van der Waals surface area contributed by atoms with E-state index in [9.17, 15) is 14.7 Å². The molecule has 36 heavy (non-hydrogen) atoms. The molecule has 4 rings (SSSR count). The van der Waals surface area contributed by atoms with E-state index in [1.807, 2.05) is 17.0 Å². The Morgan fingerprint density at radius 3 is 2.86 bits per heavy atom. The van der Waals surface area contributed by atoms with E-state index in [1.54, 1.807) is 18.6 Å². The number of carbonyl (C=O) groups is 2. The smallest absolute Gasteiger partial charge is 0.275 e. The molecule has 1 aromatic heterocycles. The number of anilines is 2.